The van der Waals surface area contributed by atoms with Crippen LogP contribution in [0.3, 0.4) is 0 Å². The van der Waals surface area contributed by atoms with Crippen molar-refractivity contribution in [2.24, 2.45) is 0 Å². The molecular formula is C9H9F2NO3. The van der Waals surface area contributed by atoms with Crippen molar-refractivity contribution in [1.82, 2.24) is 4.98 Å². The number of pyridine rings is 1. The van der Waals surface area contributed by atoms with Crippen LogP contribution in [0.25, 0.3) is 0 Å². The van der Waals surface area contributed by atoms with E-state index in [4.69, 9.17) is 5.11 Å². The van der Waals surface area contributed by atoms with Gasteiger partial charge in [0.25, 0.3) is 0 Å². The third-order valence-corrected chi connectivity index (χ3v) is 1.63. The lowest BCUT2D eigenvalue weighted by Crippen LogP contribution is -2.23. The average molecular weight is 217 g/mol. The maximum atomic E-state index is 12.7. The standard InChI is InChI=1S/C9H9F2NO3/c1-2-9(10,11)15-6-3-4-7(8(13)14)12-5-6/h3-5H,2H2,1H3,(H,13,14). The number of halogens is 2. The molecule has 0 aromatic carbocycles. The van der Waals surface area contributed by atoms with Crippen molar-refractivity contribution in [2.75, 3.05) is 0 Å². The van der Waals surface area contributed by atoms with E-state index in [-0.39, 0.29) is 11.4 Å². The highest BCUT2D eigenvalue weighted by Gasteiger charge is 2.28. The van der Waals surface area contributed by atoms with E-state index in [1.54, 1.807) is 0 Å². The Kier molecular flexibility index (Phi) is 3.18. The maximum absolute atomic E-state index is 12.7. The Morgan fingerprint density at radius 1 is 1.60 bits per heavy atom. The van der Waals surface area contributed by atoms with Crippen LogP contribution in [0.15, 0.2) is 18.3 Å². The first-order chi connectivity index (χ1) is 6.94. The number of nitrogens with zero attached hydrogens (tertiary/aromatic N) is 1. The highest BCUT2D eigenvalue weighted by atomic mass is 19.3. The number of carboxylic acids is 1. The van der Waals surface area contributed by atoms with Gasteiger partial charge < -0.3 is 9.84 Å². The summed E-state index contributed by atoms with van der Waals surface area (Å²) in [5.74, 6) is -1.38. The van der Waals surface area contributed by atoms with Crippen LogP contribution in [0.5, 0.6) is 5.75 Å². The number of hydrogen-bond donors (Lipinski definition) is 1. The van der Waals surface area contributed by atoms with Gasteiger partial charge in [-0.25, -0.2) is 9.78 Å². The monoisotopic (exact) mass is 217 g/mol. The van der Waals surface area contributed by atoms with Gasteiger partial charge in [0, 0.05) is 6.42 Å². The highest BCUT2D eigenvalue weighted by molar-refractivity contribution is 5.85. The van der Waals surface area contributed by atoms with E-state index in [1.807, 2.05) is 0 Å². The number of carboxylic acid groups (broad SMARTS) is 1. The van der Waals surface area contributed by atoms with Crippen LogP contribution < -0.4 is 4.74 Å². The van der Waals surface area contributed by atoms with Gasteiger partial charge in [-0.1, -0.05) is 6.92 Å². The molecule has 0 aliphatic carbocycles. The van der Waals surface area contributed by atoms with Crippen molar-refractivity contribution in [3.05, 3.63) is 24.0 Å². The largest absolute Gasteiger partial charge is 0.477 e. The summed E-state index contributed by atoms with van der Waals surface area (Å²) in [4.78, 5) is 13.8. The summed E-state index contributed by atoms with van der Waals surface area (Å²) in [6, 6.07) is 2.24. The average Bonchev–Trinajstić information content (AvgIpc) is 2.18. The van der Waals surface area contributed by atoms with Crippen LogP contribution >= 0.6 is 0 Å². The van der Waals surface area contributed by atoms with Crippen molar-refractivity contribution < 1.29 is 23.4 Å². The Morgan fingerprint density at radius 2 is 2.27 bits per heavy atom. The van der Waals surface area contributed by atoms with Gasteiger partial charge >= 0.3 is 12.1 Å². The SMILES string of the molecule is CCC(F)(F)Oc1ccc(C(=O)O)nc1. The molecule has 0 unspecified atom stereocenters. The number of aromatic nitrogens is 1. The number of ether oxygens (including phenoxy) is 1. The molecule has 4 nitrogen and oxygen atoms in total. The number of aromatic carboxylic acids is 1. The molecule has 0 amide bonds. The molecule has 0 fully saturated rings. The second-order valence-corrected chi connectivity index (χ2v) is 2.78. The molecule has 0 bridgehead atoms. The first kappa shape index (κ1) is 11.4. The molecule has 0 aliphatic rings. The molecule has 1 aromatic rings. The molecule has 6 heteroatoms. The zero-order valence-corrected chi connectivity index (χ0v) is 7.91. The lowest BCUT2D eigenvalue weighted by molar-refractivity contribution is -0.177. The predicted molar refractivity (Wildman–Crippen MR) is 47.1 cm³/mol. The van der Waals surface area contributed by atoms with Crippen LogP contribution in [-0.2, 0) is 0 Å². The molecule has 0 saturated heterocycles. The first-order valence-electron chi connectivity index (χ1n) is 4.21. The van der Waals surface area contributed by atoms with Crippen LogP contribution in [0.1, 0.15) is 23.8 Å². The van der Waals surface area contributed by atoms with E-state index in [2.05, 4.69) is 9.72 Å². The summed E-state index contributed by atoms with van der Waals surface area (Å²) in [6.45, 7) is 1.28. The maximum Gasteiger partial charge on any atom is 0.397 e. The second kappa shape index (κ2) is 4.20. The van der Waals surface area contributed by atoms with Crippen molar-refractivity contribution in [1.29, 1.82) is 0 Å². The van der Waals surface area contributed by atoms with Crippen LogP contribution in [0, 0.1) is 0 Å². The lowest BCUT2D eigenvalue weighted by Gasteiger charge is -2.15. The molecule has 1 heterocycles. The first-order valence-corrected chi connectivity index (χ1v) is 4.21. The molecule has 1 aromatic heterocycles. The summed E-state index contributed by atoms with van der Waals surface area (Å²) in [5, 5.41) is 8.50. The zero-order valence-electron chi connectivity index (χ0n) is 7.91. The molecule has 0 aliphatic heterocycles. The molecular weight excluding hydrogens is 208 g/mol. The van der Waals surface area contributed by atoms with E-state index >= 15 is 0 Å². The number of hydrogen-bond acceptors (Lipinski definition) is 3. The summed E-state index contributed by atoms with van der Waals surface area (Å²) in [7, 11) is 0. The normalized spacial score (nSPS) is 11.1. The second-order valence-electron chi connectivity index (χ2n) is 2.78. The van der Waals surface area contributed by atoms with Crippen molar-refractivity contribution >= 4 is 5.97 Å². The summed E-state index contributed by atoms with van der Waals surface area (Å²) in [6.07, 6.45) is -2.77. The molecule has 82 valence electrons. The van der Waals surface area contributed by atoms with Crippen LogP contribution in [0.2, 0.25) is 0 Å². The van der Waals surface area contributed by atoms with E-state index in [0.717, 1.165) is 18.3 Å². The third kappa shape index (κ3) is 3.16. The Hall–Kier alpha value is -1.72. The van der Waals surface area contributed by atoms with E-state index in [1.165, 1.54) is 6.92 Å². The van der Waals surface area contributed by atoms with Gasteiger partial charge in [-0.15, -0.1) is 0 Å². The Labute approximate surface area is 84.5 Å². The number of alkyl halides is 2. The topological polar surface area (TPSA) is 59.4 Å². The van der Waals surface area contributed by atoms with Crippen molar-refractivity contribution in [3.63, 3.8) is 0 Å². The smallest absolute Gasteiger partial charge is 0.397 e. The van der Waals surface area contributed by atoms with Crippen molar-refractivity contribution in [2.45, 2.75) is 19.5 Å². The van der Waals surface area contributed by atoms with Gasteiger partial charge in [0.1, 0.15) is 11.4 Å². The van der Waals surface area contributed by atoms with Crippen molar-refractivity contribution in [3.8, 4) is 5.75 Å². The van der Waals surface area contributed by atoms with Crippen LogP contribution in [-0.4, -0.2) is 22.2 Å². The quantitative estimate of drug-likeness (QED) is 0.839. The summed E-state index contributed by atoms with van der Waals surface area (Å²) < 4.78 is 29.8. The zero-order chi connectivity index (χ0) is 11.5. The van der Waals surface area contributed by atoms with Gasteiger partial charge in [-0.2, -0.15) is 8.78 Å². The fourth-order valence-electron chi connectivity index (χ4n) is 0.812. The highest BCUT2D eigenvalue weighted by Crippen LogP contribution is 2.23. The molecule has 1 rings (SSSR count). The molecule has 0 spiro atoms. The molecule has 0 saturated carbocycles. The van der Waals surface area contributed by atoms with Gasteiger partial charge in [-0.3, -0.25) is 0 Å². The fraction of sp³-hybridized carbons (Fsp3) is 0.333. The van der Waals surface area contributed by atoms with E-state index < -0.39 is 18.5 Å². The Balaban J connectivity index is 2.77. The molecule has 1 N–H and O–H groups in total. The molecule has 0 atom stereocenters. The minimum atomic E-state index is -3.26. The third-order valence-electron chi connectivity index (χ3n) is 1.63. The number of carbonyl (C=O) groups is 1. The van der Waals surface area contributed by atoms with E-state index in [0.29, 0.717) is 0 Å². The Bertz CT molecular complexity index is 351. The van der Waals surface area contributed by atoms with Gasteiger partial charge in [0.15, 0.2) is 0 Å². The molecule has 15 heavy (non-hydrogen) atoms. The predicted octanol–water partition coefficient (Wildman–Crippen LogP) is 2.16. The van der Waals surface area contributed by atoms with Gasteiger partial charge in [-0.05, 0) is 12.1 Å². The number of rotatable bonds is 4. The summed E-state index contributed by atoms with van der Waals surface area (Å²) in [5.41, 5.74) is -0.220. The fourth-order valence-corrected chi connectivity index (χ4v) is 0.812. The minimum absolute atomic E-state index is 0.160. The summed E-state index contributed by atoms with van der Waals surface area (Å²) >= 11 is 0. The lowest BCUT2D eigenvalue weighted by atomic mass is 10.3. The van der Waals surface area contributed by atoms with Crippen LogP contribution in [0.4, 0.5) is 8.78 Å². The molecule has 0 radical (unpaired) electrons. The van der Waals surface area contributed by atoms with Gasteiger partial charge in [0.05, 0.1) is 6.20 Å². The minimum Gasteiger partial charge on any atom is -0.477 e. The Morgan fingerprint density at radius 3 is 2.67 bits per heavy atom. The van der Waals surface area contributed by atoms with E-state index in [9.17, 15) is 13.6 Å². The van der Waals surface area contributed by atoms with Gasteiger partial charge in [0.2, 0.25) is 0 Å².